The third-order valence-corrected chi connectivity index (χ3v) is 6.56. The summed E-state index contributed by atoms with van der Waals surface area (Å²) < 4.78 is 11.0. The van der Waals surface area contributed by atoms with Gasteiger partial charge >= 0.3 is 0 Å². The number of hydrogen-bond acceptors (Lipinski definition) is 5. The summed E-state index contributed by atoms with van der Waals surface area (Å²) in [6.07, 6.45) is 1.11. The molecule has 2 N–H and O–H groups in total. The van der Waals surface area contributed by atoms with Gasteiger partial charge in [-0.1, -0.05) is 66.7 Å². The van der Waals surface area contributed by atoms with Gasteiger partial charge in [-0.05, 0) is 55.1 Å². The molecule has 1 fully saturated rings. The minimum atomic E-state index is -1.03. The molecule has 3 aromatic rings. The Hall–Kier alpha value is -2.86. The van der Waals surface area contributed by atoms with Crippen molar-refractivity contribution in [3.05, 3.63) is 96.1 Å². The number of β-amino-alcohol motifs (C(OH)–C–C–N with tert-alkyl or cyclic N) is 1. The number of nitrogens with zero attached hydrogens (tertiary/aromatic N) is 1. The van der Waals surface area contributed by atoms with Crippen molar-refractivity contribution in [3.8, 4) is 11.5 Å². The number of aliphatic hydroxyl groups is 2. The van der Waals surface area contributed by atoms with Gasteiger partial charge < -0.3 is 24.6 Å². The summed E-state index contributed by atoms with van der Waals surface area (Å²) in [6, 6.07) is 27.3. The lowest BCUT2D eigenvalue weighted by Gasteiger charge is -2.42. The fraction of sp³-hybridized carbons (Fsp3) is 0.357. The van der Waals surface area contributed by atoms with Crippen molar-refractivity contribution in [3.63, 3.8) is 0 Å². The topological polar surface area (TPSA) is 62.2 Å². The van der Waals surface area contributed by atoms with Crippen molar-refractivity contribution in [2.24, 2.45) is 5.92 Å². The maximum Gasteiger partial charge on any atom is 0.123 e. The van der Waals surface area contributed by atoms with Gasteiger partial charge in [0.25, 0.3) is 0 Å². The van der Waals surface area contributed by atoms with Crippen LogP contribution in [0.5, 0.6) is 11.5 Å². The van der Waals surface area contributed by atoms with Gasteiger partial charge in [0.05, 0.1) is 7.11 Å². The molecule has 4 rings (SSSR count). The molecule has 1 atom stereocenters. The summed E-state index contributed by atoms with van der Waals surface area (Å²) in [5, 5.41) is 22.5. The Morgan fingerprint density at radius 1 is 0.879 bits per heavy atom. The Kier molecular flexibility index (Phi) is 7.65. The summed E-state index contributed by atoms with van der Waals surface area (Å²) in [6.45, 7) is 2.42. The van der Waals surface area contributed by atoms with Gasteiger partial charge in [-0.2, -0.15) is 0 Å². The van der Waals surface area contributed by atoms with Gasteiger partial charge in [0.15, 0.2) is 0 Å². The highest BCUT2D eigenvalue weighted by molar-refractivity contribution is 5.37. The van der Waals surface area contributed by atoms with Crippen LogP contribution in [-0.4, -0.2) is 54.6 Å². The van der Waals surface area contributed by atoms with E-state index in [0.717, 1.165) is 42.8 Å². The molecule has 1 aliphatic heterocycles. The van der Waals surface area contributed by atoms with Crippen LogP contribution in [0.25, 0.3) is 0 Å². The fourth-order valence-electron chi connectivity index (χ4n) is 4.79. The van der Waals surface area contributed by atoms with Crippen LogP contribution in [0, 0.1) is 5.92 Å². The predicted molar refractivity (Wildman–Crippen MR) is 130 cm³/mol. The molecule has 5 nitrogen and oxygen atoms in total. The molecule has 1 heterocycles. The largest absolute Gasteiger partial charge is 0.497 e. The second kappa shape index (κ2) is 10.8. The lowest BCUT2D eigenvalue weighted by Crippen LogP contribution is -2.46. The van der Waals surface area contributed by atoms with Crippen molar-refractivity contribution in [2.45, 2.75) is 24.5 Å². The molecular weight excluding hydrogens is 414 g/mol. The molecule has 0 radical (unpaired) electrons. The molecule has 0 saturated carbocycles. The summed E-state index contributed by atoms with van der Waals surface area (Å²) in [4.78, 5) is 2.26. The highest BCUT2D eigenvalue weighted by atomic mass is 16.5. The minimum Gasteiger partial charge on any atom is -0.497 e. The number of ether oxygens (including phenoxy) is 2. The third-order valence-electron chi connectivity index (χ3n) is 6.56. The van der Waals surface area contributed by atoms with E-state index >= 15 is 0 Å². The van der Waals surface area contributed by atoms with Crippen molar-refractivity contribution >= 4 is 0 Å². The van der Waals surface area contributed by atoms with Crippen molar-refractivity contribution in [1.82, 2.24) is 4.90 Å². The first-order chi connectivity index (χ1) is 16.1. The first-order valence-corrected chi connectivity index (χ1v) is 11.6. The molecule has 3 aromatic carbocycles. The molecule has 174 valence electrons. The van der Waals surface area contributed by atoms with Gasteiger partial charge in [-0.3, -0.25) is 0 Å². The van der Waals surface area contributed by atoms with E-state index in [1.165, 1.54) is 0 Å². The molecule has 0 spiro atoms. The Bertz CT molecular complexity index is 948. The monoisotopic (exact) mass is 447 g/mol. The standard InChI is InChI=1S/C28H33NO4/c1-32-26-13-8-14-27(19-26)33-21-25(30)20-29-17-15-24(16-18-29)28(31,22-9-4-2-5-10-22)23-11-6-3-7-12-23/h2-14,19,24-25,30-31H,15-18,20-21H2,1H3/t25-/m0/s1. The number of rotatable bonds is 9. The van der Waals surface area contributed by atoms with Crippen LogP contribution >= 0.6 is 0 Å². The summed E-state index contributed by atoms with van der Waals surface area (Å²) >= 11 is 0. The van der Waals surface area contributed by atoms with Crippen LogP contribution in [0.2, 0.25) is 0 Å². The molecule has 5 heteroatoms. The Balaban J connectivity index is 1.36. The lowest BCUT2D eigenvalue weighted by molar-refractivity contribution is -0.0222. The smallest absolute Gasteiger partial charge is 0.123 e. The first-order valence-electron chi connectivity index (χ1n) is 11.6. The predicted octanol–water partition coefficient (Wildman–Crippen LogP) is 4.08. The second-order valence-electron chi connectivity index (χ2n) is 8.72. The van der Waals surface area contributed by atoms with Crippen LogP contribution in [0.3, 0.4) is 0 Å². The van der Waals surface area contributed by atoms with Crippen LogP contribution in [0.15, 0.2) is 84.9 Å². The number of methoxy groups -OCH3 is 1. The van der Waals surface area contributed by atoms with Crippen molar-refractivity contribution < 1.29 is 19.7 Å². The maximum atomic E-state index is 12.0. The molecule has 0 aliphatic carbocycles. The van der Waals surface area contributed by atoms with E-state index in [-0.39, 0.29) is 12.5 Å². The number of aliphatic hydroxyl groups excluding tert-OH is 1. The zero-order valence-electron chi connectivity index (χ0n) is 19.1. The molecule has 0 amide bonds. The number of piperidine rings is 1. The average molecular weight is 448 g/mol. The molecule has 0 aromatic heterocycles. The molecule has 1 saturated heterocycles. The lowest BCUT2D eigenvalue weighted by atomic mass is 9.72. The van der Waals surface area contributed by atoms with Crippen LogP contribution in [-0.2, 0) is 5.60 Å². The molecule has 0 unspecified atom stereocenters. The van der Waals surface area contributed by atoms with Crippen LogP contribution in [0.1, 0.15) is 24.0 Å². The highest BCUT2D eigenvalue weighted by Gasteiger charge is 2.41. The van der Waals surface area contributed by atoms with Gasteiger partial charge in [0.2, 0.25) is 0 Å². The van der Waals surface area contributed by atoms with E-state index in [4.69, 9.17) is 9.47 Å². The fourth-order valence-corrected chi connectivity index (χ4v) is 4.79. The number of likely N-dealkylation sites (tertiary alicyclic amines) is 1. The van der Waals surface area contributed by atoms with E-state index in [1.54, 1.807) is 7.11 Å². The van der Waals surface area contributed by atoms with Crippen molar-refractivity contribution in [2.75, 3.05) is 33.4 Å². The number of hydrogen-bond donors (Lipinski definition) is 2. The SMILES string of the molecule is COc1cccc(OC[C@@H](O)CN2CCC(C(O)(c3ccccc3)c3ccccc3)CC2)c1. The van der Waals surface area contributed by atoms with E-state index < -0.39 is 11.7 Å². The molecule has 1 aliphatic rings. The zero-order valence-corrected chi connectivity index (χ0v) is 19.1. The second-order valence-corrected chi connectivity index (χ2v) is 8.72. The average Bonchev–Trinajstić information content (AvgIpc) is 2.88. The molecule has 0 bridgehead atoms. The summed E-state index contributed by atoms with van der Waals surface area (Å²) in [5.74, 6) is 1.51. The minimum absolute atomic E-state index is 0.101. The van der Waals surface area contributed by atoms with Crippen LogP contribution < -0.4 is 9.47 Å². The third kappa shape index (κ3) is 5.56. The van der Waals surface area contributed by atoms with E-state index in [9.17, 15) is 10.2 Å². The van der Waals surface area contributed by atoms with Crippen molar-refractivity contribution in [1.29, 1.82) is 0 Å². The normalized spacial score (nSPS) is 16.3. The first kappa shape index (κ1) is 23.3. The van der Waals surface area contributed by atoms with Gasteiger partial charge in [-0.25, -0.2) is 0 Å². The Morgan fingerprint density at radius 2 is 1.45 bits per heavy atom. The van der Waals surface area contributed by atoms with Gasteiger partial charge in [0.1, 0.15) is 29.8 Å². The van der Waals surface area contributed by atoms with E-state index in [1.807, 2.05) is 84.9 Å². The van der Waals surface area contributed by atoms with Gasteiger partial charge in [-0.15, -0.1) is 0 Å². The number of benzene rings is 3. The summed E-state index contributed by atoms with van der Waals surface area (Å²) in [5.41, 5.74) is 0.839. The summed E-state index contributed by atoms with van der Waals surface area (Å²) in [7, 11) is 1.62. The maximum absolute atomic E-state index is 12.0. The van der Waals surface area contributed by atoms with Crippen LogP contribution in [0.4, 0.5) is 0 Å². The molecule has 33 heavy (non-hydrogen) atoms. The highest BCUT2D eigenvalue weighted by Crippen LogP contribution is 2.41. The zero-order chi connectivity index (χ0) is 23.1. The Morgan fingerprint density at radius 3 is 2.03 bits per heavy atom. The van der Waals surface area contributed by atoms with Gasteiger partial charge in [0, 0.05) is 12.6 Å². The quantitative estimate of drug-likeness (QED) is 0.518. The van der Waals surface area contributed by atoms with E-state index in [2.05, 4.69) is 4.90 Å². The molecular formula is C28H33NO4. The Labute approximate surface area is 196 Å². The van der Waals surface area contributed by atoms with E-state index in [0.29, 0.717) is 12.3 Å².